The van der Waals surface area contributed by atoms with Gasteiger partial charge in [-0.15, -0.1) is 11.3 Å². The first kappa shape index (κ1) is 16.8. The standard InChI is InChI=1S/C21H21N3OS/c1-16-6-5-9-18(14-16)23-10-12-24(13-11-23)21(25)19-15-26-20(22-19)17-7-3-2-4-8-17/h2-9,14-15H,10-13H2,1H3. The van der Waals surface area contributed by atoms with Crippen LogP contribution in [0.2, 0.25) is 0 Å². The number of carbonyl (C=O) groups is 1. The molecule has 0 radical (unpaired) electrons. The highest BCUT2D eigenvalue weighted by Gasteiger charge is 2.24. The van der Waals surface area contributed by atoms with Gasteiger partial charge in [0.05, 0.1) is 0 Å². The Morgan fingerprint density at radius 1 is 1.00 bits per heavy atom. The maximum Gasteiger partial charge on any atom is 0.273 e. The first-order chi connectivity index (χ1) is 12.7. The van der Waals surface area contributed by atoms with Gasteiger partial charge >= 0.3 is 0 Å². The molecule has 1 aliphatic rings. The lowest BCUT2D eigenvalue weighted by Gasteiger charge is -2.36. The zero-order valence-electron chi connectivity index (χ0n) is 14.8. The molecule has 4 rings (SSSR count). The summed E-state index contributed by atoms with van der Waals surface area (Å²) in [5, 5.41) is 2.77. The van der Waals surface area contributed by atoms with Crippen molar-refractivity contribution >= 4 is 22.9 Å². The Balaban J connectivity index is 1.42. The fourth-order valence-electron chi connectivity index (χ4n) is 3.24. The lowest BCUT2D eigenvalue weighted by Crippen LogP contribution is -2.48. The van der Waals surface area contributed by atoms with Crippen molar-refractivity contribution in [2.75, 3.05) is 31.1 Å². The average Bonchev–Trinajstić information content (AvgIpc) is 3.18. The van der Waals surface area contributed by atoms with Gasteiger partial charge in [-0.2, -0.15) is 0 Å². The molecule has 0 saturated carbocycles. The summed E-state index contributed by atoms with van der Waals surface area (Å²) in [4.78, 5) is 21.6. The first-order valence-corrected chi connectivity index (χ1v) is 9.70. The Bertz CT molecular complexity index is 898. The molecule has 0 aliphatic carbocycles. The summed E-state index contributed by atoms with van der Waals surface area (Å²) < 4.78 is 0. The topological polar surface area (TPSA) is 36.4 Å². The molecule has 1 saturated heterocycles. The molecule has 0 atom stereocenters. The highest BCUT2D eigenvalue weighted by Crippen LogP contribution is 2.24. The number of anilines is 1. The number of benzene rings is 2. The monoisotopic (exact) mass is 363 g/mol. The van der Waals surface area contributed by atoms with E-state index in [1.165, 1.54) is 22.6 Å². The molecule has 2 aromatic carbocycles. The van der Waals surface area contributed by atoms with Gasteiger partial charge < -0.3 is 9.80 Å². The molecule has 0 unspecified atom stereocenters. The zero-order chi connectivity index (χ0) is 17.9. The molecule has 1 aromatic heterocycles. The summed E-state index contributed by atoms with van der Waals surface area (Å²) in [6.07, 6.45) is 0. The van der Waals surface area contributed by atoms with E-state index >= 15 is 0 Å². The molecule has 26 heavy (non-hydrogen) atoms. The fraction of sp³-hybridized carbons (Fsp3) is 0.238. The van der Waals surface area contributed by atoms with Crippen LogP contribution < -0.4 is 4.90 Å². The van der Waals surface area contributed by atoms with Gasteiger partial charge in [-0.05, 0) is 24.6 Å². The van der Waals surface area contributed by atoms with Gasteiger partial charge in [-0.1, -0.05) is 42.5 Å². The van der Waals surface area contributed by atoms with Gasteiger partial charge in [0.1, 0.15) is 10.7 Å². The number of hydrogen-bond acceptors (Lipinski definition) is 4. The molecule has 5 heteroatoms. The normalized spacial score (nSPS) is 14.5. The van der Waals surface area contributed by atoms with Crippen molar-refractivity contribution in [3.63, 3.8) is 0 Å². The zero-order valence-corrected chi connectivity index (χ0v) is 15.6. The number of hydrogen-bond donors (Lipinski definition) is 0. The van der Waals surface area contributed by atoms with E-state index < -0.39 is 0 Å². The van der Waals surface area contributed by atoms with E-state index in [9.17, 15) is 4.79 Å². The van der Waals surface area contributed by atoms with Crippen molar-refractivity contribution in [1.82, 2.24) is 9.88 Å². The predicted octanol–water partition coefficient (Wildman–Crippen LogP) is 4.08. The number of aryl methyl sites for hydroxylation is 1. The third-order valence-electron chi connectivity index (χ3n) is 4.68. The highest BCUT2D eigenvalue weighted by molar-refractivity contribution is 7.13. The molecule has 0 N–H and O–H groups in total. The molecule has 1 fully saturated rings. The van der Waals surface area contributed by atoms with Crippen LogP contribution in [0, 0.1) is 6.92 Å². The predicted molar refractivity (Wildman–Crippen MR) is 107 cm³/mol. The number of carbonyl (C=O) groups excluding carboxylic acids is 1. The van der Waals surface area contributed by atoms with Crippen LogP contribution in [-0.2, 0) is 0 Å². The van der Waals surface area contributed by atoms with Gasteiger partial charge in [0, 0.05) is 42.8 Å². The molecule has 3 aromatic rings. The van der Waals surface area contributed by atoms with Crippen LogP contribution in [0.1, 0.15) is 16.1 Å². The van der Waals surface area contributed by atoms with Crippen molar-refractivity contribution in [3.05, 3.63) is 71.2 Å². The SMILES string of the molecule is Cc1cccc(N2CCN(C(=O)c3csc(-c4ccccc4)n3)CC2)c1. The summed E-state index contributed by atoms with van der Waals surface area (Å²) >= 11 is 1.52. The second-order valence-electron chi connectivity index (χ2n) is 6.52. The molecular weight excluding hydrogens is 342 g/mol. The summed E-state index contributed by atoms with van der Waals surface area (Å²) in [5.41, 5.74) is 4.10. The second-order valence-corrected chi connectivity index (χ2v) is 7.38. The lowest BCUT2D eigenvalue weighted by atomic mass is 10.2. The molecule has 1 amide bonds. The maximum atomic E-state index is 12.8. The van der Waals surface area contributed by atoms with Gasteiger partial charge in [0.15, 0.2) is 0 Å². The quantitative estimate of drug-likeness (QED) is 0.703. The van der Waals surface area contributed by atoms with Gasteiger partial charge in [0.25, 0.3) is 5.91 Å². The summed E-state index contributed by atoms with van der Waals surface area (Å²) in [7, 11) is 0. The minimum absolute atomic E-state index is 0.0346. The van der Waals surface area contributed by atoms with Crippen LogP contribution in [-0.4, -0.2) is 42.0 Å². The van der Waals surface area contributed by atoms with E-state index in [1.54, 1.807) is 0 Å². The molecule has 132 valence electrons. The summed E-state index contributed by atoms with van der Waals surface area (Å²) in [6, 6.07) is 18.5. The van der Waals surface area contributed by atoms with E-state index in [-0.39, 0.29) is 5.91 Å². The Kier molecular flexibility index (Phi) is 4.71. The smallest absolute Gasteiger partial charge is 0.273 e. The molecule has 0 bridgehead atoms. The minimum Gasteiger partial charge on any atom is -0.368 e. The summed E-state index contributed by atoms with van der Waals surface area (Å²) in [5.74, 6) is 0.0346. The molecule has 1 aliphatic heterocycles. The number of rotatable bonds is 3. The van der Waals surface area contributed by atoms with Gasteiger partial charge in [-0.25, -0.2) is 4.98 Å². The van der Waals surface area contributed by atoms with Crippen LogP contribution in [0.25, 0.3) is 10.6 Å². The van der Waals surface area contributed by atoms with Crippen molar-refractivity contribution in [2.24, 2.45) is 0 Å². The maximum absolute atomic E-state index is 12.8. The Labute approximate surface area is 157 Å². The molecule has 0 spiro atoms. The Morgan fingerprint density at radius 3 is 2.50 bits per heavy atom. The first-order valence-electron chi connectivity index (χ1n) is 8.82. The number of aromatic nitrogens is 1. The lowest BCUT2D eigenvalue weighted by molar-refractivity contribution is 0.0742. The average molecular weight is 363 g/mol. The van der Waals surface area contributed by atoms with E-state index in [0.717, 1.165) is 36.8 Å². The van der Waals surface area contributed by atoms with Crippen LogP contribution >= 0.6 is 11.3 Å². The van der Waals surface area contributed by atoms with Crippen molar-refractivity contribution in [3.8, 4) is 10.6 Å². The van der Waals surface area contributed by atoms with Crippen molar-refractivity contribution < 1.29 is 4.79 Å². The number of amides is 1. The van der Waals surface area contributed by atoms with E-state index in [1.807, 2.05) is 40.6 Å². The van der Waals surface area contributed by atoms with Gasteiger partial charge in [0.2, 0.25) is 0 Å². The second kappa shape index (κ2) is 7.30. The third-order valence-corrected chi connectivity index (χ3v) is 5.57. The van der Waals surface area contributed by atoms with Crippen molar-refractivity contribution in [2.45, 2.75) is 6.92 Å². The van der Waals surface area contributed by atoms with Gasteiger partial charge in [-0.3, -0.25) is 4.79 Å². The number of piperazine rings is 1. The van der Waals surface area contributed by atoms with Crippen molar-refractivity contribution in [1.29, 1.82) is 0 Å². The number of nitrogens with zero attached hydrogens (tertiary/aromatic N) is 3. The molecular formula is C21H21N3OS. The Hall–Kier alpha value is -2.66. The molecule has 2 heterocycles. The van der Waals surface area contributed by atoms with Crippen LogP contribution in [0.15, 0.2) is 60.0 Å². The Morgan fingerprint density at radius 2 is 1.77 bits per heavy atom. The van der Waals surface area contributed by atoms with Crippen LogP contribution in [0.5, 0.6) is 0 Å². The van der Waals surface area contributed by atoms with Crippen LogP contribution in [0.4, 0.5) is 5.69 Å². The highest BCUT2D eigenvalue weighted by atomic mass is 32.1. The van der Waals surface area contributed by atoms with E-state index in [4.69, 9.17) is 0 Å². The van der Waals surface area contributed by atoms with Crippen LogP contribution in [0.3, 0.4) is 0 Å². The largest absolute Gasteiger partial charge is 0.368 e. The third kappa shape index (κ3) is 3.48. The van der Waals surface area contributed by atoms with E-state index in [2.05, 4.69) is 41.1 Å². The fourth-order valence-corrected chi connectivity index (χ4v) is 4.04. The minimum atomic E-state index is 0.0346. The summed E-state index contributed by atoms with van der Waals surface area (Å²) in [6.45, 7) is 5.27. The van der Waals surface area contributed by atoms with E-state index in [0.29, 0.717) is 5.69 Å². The number of thiazole rings is 1. The molecule has 4 nitrogen and oxygen atoms in total.